The average Bonchev–Trinajstić information content (AvgIpc) is 2.90. The van der Waals surface area contributed by atoms with Crippen LogP contribution in [0.2, 0.25) is 0 Å². The minimum Gasteiger partial charge on any atom is -0.351 e. The monoisotopic (exact) mass is 343 g/mol. The van der Waals surface area contributed by atoms with E-state index in [0.717, 1.165) is 56.2 Å². The van der Waals surface area contributed by atoms with Crippen molar-refractivity contribution < 1.29 is 13.6 Å². The summed E-state index contributed by atoms with van der Waals surface area (Å²) in [5.74, 6) is -1.79. The molecule has 0 heterocycles. The quantitative estimate of drug-likeness (QED) is 0.788. The van der Waals surface area contributed by atoms with E-state index in [9.17, 15) is 13.6 Å². The summed E-state index contributed by atoms with van der Waals surface area (Å²) in [7, 11) is 0. The van der Waals surface area contributed by atoms with Gasteiger partial charge in [0, 0.05) is 6.54 Å². The van der Waals surface area contributed by atoms with Crippen molar-refractivity contribution in [3.05, 3.63) is 71.3 Å². The summed E-state index contributed by atoms with van der Waals surface area (Å²) >= 11 is 0. The van der Waals surface area contributed by atoms with Gasteiger partial charge >= 0.3 is 0 Å². The predicted molar refractivity (Wildman–Crippen MR) is 94.0 cm³/mol. The molecule has 2 aromatic rings. The van der Waals surface area contributed by atoms with Crippen molar-refractivity contribution in [2.24, 2.45) is 0 Å². The van der Waals surface area contributed by atoms with Crippen LogP contribution in [0, 0.1) is 11.6 Å². The summed E-state index contributed by atoms with van der Waals surface area (Å²) in [6.07, 6.45) is 5.97. The van der Waals surface area contributed by atoms with Gasteiger partial charge in [0.2, 0.25) is 5.91 Å². The van der Waals surface area contributed by atoms with E-state index >= 15 is 0 Å². The molecule has 4 heteroatoms. The van der Waals surface area contributed by atoms with E-state index in [1.54, 1.807) is 0 Å². The van der Waals surface area contributed by atoms with E-state index in [4.69, 9.17) is 0 Å². The Labute approximate surface area is 147 Å². The third-order valence-corrected chi connectivity index (χ3v) is 5.16. The topological polar surface area (TPSA) is 29.1 Å². The minimum atomic E-state index is -0.890. The molecule has 0 unspecified atom stereocenters. The first kappa shape index (κ1) is 17.6. The molecule has 1 amide bonds. The number of hydrogen-bond donors (Lipinski definition) is 1. The number of amides is 1. The molecule has 3 rings (SSSR count). The largest absolute Gasteiger partial charge is 0.351 e. The van der Waals surface area contributed by atoms with Gasteiger partial charge in [0.25, 0.3) is 0 Å². The molecule has 0 aromatic heterocycles. The fourth-order valence-electron chi connectivity index (χ4n) is 3.74. The number of carbonyl (C=O) groups is 1. The van der Waals surface area contributed by atoms with Gasteiger partial charge in [-0.15, -0.1) is 0 Å². The molecule has 25 heavy (non-hydrogen) atoms. The lowest BCUT2D eigenvalue weighted by Gasteiger charge is -2.32. The summed E-state index contributed by atoms with van der Waals surface area (Å²) in [5, 5.41) is 2.95. The zero-order valence-electron chi connectivity index (χ0n) is 14.2. The van der Waals surface area contributed by atoms with E-state index in [1.165, 1.54) is 6.07 Å². The number of benzene rings is 2. The molecule has 1 aliphatic rings. The molecule has 1 aliphatic carbocycles. The van der Waals surface area contributed by atoms with Crippen LogP contribution in [0.25, 0.3) is 0 Å². The van der Waals surface area contributed by atoms with Crippen molar-refractivity contribution in [1.29, 1.82) is 0 Å². The van der Waals surface area contributed by atoms with Gasteiger partial charge in [-0.25, -0.2) is 8.78 Å². The lowest BCUT2D eigenvalue weighted by molar-refractivity contribution is -0.127. The van der Waals surface area contributed by atoms with Crippen molar-refractivity contribution in [1.82, 2.24) is 5.32 Å². The number of carbonyl (C=O) groups excluding carboxylic acids is 1. The molecule has 1 N–H and O–H groups in total. The van der Waals surface area contributed by atoms with Gasteiger partial charge in [-0.1, -0.05) is 62.1 Å². The van der Waals surface area contributed by atoms with Gasteiger partial charge in [-0.05, 0) is 36.1 Å². The number of halogens is 2. The van der Waals surface area contributed by atoms with E-state index in [-0.39, 0.29) is 12.5 Å². The van der Waals surface area contributed by atoms with Crippen molar-refractivity contribution in [3.63, 3.8) is 0 Å². The van der Waals surface area contributed by atoms with Crippen molar-refractivity contribution in [3.8, 4) is 0 Å². The second kappa shape index (κ2) is 7.77. The molecular formula is C21H23F2NO. The Morgan fingerprint density at radius 1 is 0.920 bits per heavy atom. The van der Waals surface area contributed by atoms with Crippen LogP contribution in [0.4, 0.5) is 8.78 Å². The Bertz CT molecular complexity index is 722. The van der Waals surface area contributed by atoms with Gasteiger partial charge in [-0.3, -0.25) is 4.79 Å². The van der Waals surface area contributed by atoms with Crippen LogP contribution in [-0.2, 0) is 16.8 Å². The van der Waals surface area contributed by atoms with Gasteiger partial charge in [0.15, 0.2) is 11.6 Å². The summed E-state index contributed by atoms with van der Waals surface area (Å²) in [4.78, 5) is 13.1. The zero-order valence-corrected chi connectivity index (χ0v) is 14.2. The molecule has 0 spiro atoms. The van der Waals surface area contributed by atoms with E-state index in [2.05, 4.69) is 5.32 Å². The first-order valence-electron chi connectivity index (χ1n) is 8.90. The Kier molecular flexibility index (Phi) is 5.47. The molecular weight excluding hydrogens is 320 g/mol. The van der Waals surface area contributed by atoms with Gasteiger partial charge in [-0.2, -0.15) is 0 Å². The highest BCUT2D eigenvalue weighted by atomic mass is 19.2. The Morgan fingerprint density at radius 2 is 1.60 bits per heavy atom. The predicted octanol–water partition coefficient (Wildman–Crippen LogP) is 4.87. The smallest absolute Gasteiger partial charge is 0.230 e. The Balaban J connectivity index is 1.80. The average molecular weight is 343 g/mol. The number of hydrogen-bond acceptors (Lipinski definition) is 1. The van der Waals surface area contributed by atoms with Crippen LogP contribution in [0.3, 0.4) is 0 Å². The molecule has 0 atom stereocenters. The van der Waals surface area contributed by atoms with Crippen LogP contribution in [0.5, 0.6) is 0 Å². The maximum Gasteiger partial charge on any atom is 0.230 e. The van der Waals surface area contributed by atoms with Gasteiger partial charge in [0.05, 0.1) is 5.41 Å². The summed E-state index contributed by atoms with van der Waals surface area (Å²) < 4.78 is 26.4. The standard InChI is InChI=1S/C21H23F2NO/c22-18-11-10-16(14-19(18)23)15-24-20(25)21(12-6-1-2-7-13-21)17-8-4-3-5-9-17/h3-5,8-11,14H,1-2,6-7,12-13,15H2,(H,24,25). The van der Waals surface area contributed by atoms with Crippen molar-refractivity contribution in [2.75, 3.05) is 0 Å². The first-order chi connectivity index (χ1) is 12.1. The van der Waals surface area contributed by atoms with Crippen molar-refractivity contribution >= 4 is 5.91 Å². The summed E-state index contributed by atoms with van der Waals surface area (Å²) in [5.41, 5.74) is 1.07. The maximum atomic E-state index is 13.4. The highest BCUT2D eigenvalue weighted by molar-refractivity contribution is 5.88. The maximum absolute atomic E-state index is 13.4. The Morgan fingerprint density at radius 3 is 2.24 bits per heavy atom. The second-order valence-corrected chi connectivity index (χ2v) is 6.79. The van der Waals surface area contributed by atoms with Crippen LogP contribution < -0.4 is 5.32 Å². The van der Waals surface area contributed by atoms with E-state index in [1.807, 2.05) is 30.3 Å². The Hall–Kier alpha value is -2.23. The molecule has 0 saturated heterocycles. The SMILES string of the molecule is O=C(NCc1ccc(F)c(F)c1)C1(c2ccccc2)CCCCCC1. The molecule has 0 bridgehead atoms. The minimum absolute atomic E-state index is 0.0228. The molecule has 0 radical (unpaired) electrons. The number of rotatable bonds is 4. The molecule has 2 nitrogen and oxygen atoms in total. The third kappa shape index (κ3) is 3.89. The van der Waals surface area contributed by atoms with Crippen LogP contribution in [0.15, 0.2) is 48.5 Å². The number of nitrogens with one attached hydrogen (secondary N) is 1. The fourth-order valence-corrected chi connectivity index (χ4v) is 3.74. The second-order valence-electron chi connectivity index (χ2n) is 6.79. The summed E-state index contributed by atoms with van der Waals surface area (Å²) in [6.45, 7) is 0.199. The van der Waals surface area contributed by atoms with Crippen LogP contribution in [-0.4, -0.2) is 5.91 Å². The van der Waals surface area contributed by atoms with Crippen molar-refractivity contribution in [2.45, 2.75) is 50.5 Å². The highest BCUT2D eigenvalue weighted by Gasteiger charge is 2.39. The fraction of sp³-hybridized carbons (Fsp3) is 0.381. The van der Waals surface area contributed by atoms with E-state index in [0.29, 0.717) is 5.56 Å². The van der Waals surface area contributed by atoms with Crippen LogP contribution >= 0.6 is 0 Å². The summed E-state index contributed by atoms with van der Waals surface area (Å²) in [6, 6.07) is 13.6. The molecule has 1 saturated carbocycles. The lowest BCUT2D eigenvalue weighted by atomic mass is 9.73. The lowest BCUT2D eigenvalue weighted by Crippen LogP contribution is -2.44. The highest BCUT2D eigenvalue weighted by Crippen LogP contribution is 2.38. The van der Waals surface area contributed by atoms with Gasteiger partial charge in [0.1, 0.15) is 0 Å². The van der Waals surface area contributed by atoms with E-state index < -0.39 is 17.0 Å². The third-order valence-electron chi connectivity index (χ3n) is 5.16. The zero-order chi connectivity index (χ0) is 17.7. The molecule has 0 aliphatic heterocycles. The van der Waals surface area contributed by atoms with Crippen LogP contribution in [0.1, 0.15) is 49.7 Å². The molecule has 2 aromatic carbocycles. The normalized spacial score (nSPS) is 16.9. The van der Waals surface area contributed by atoms with Gasteiger partial charge < -0.3 is 5.32 Å². The molecule has 1 fully saturated rings. The first-order valence-corrected chi connectivity index (χ1v) is 8.90. The molecule has 132 valence electrons.